The molecule has 4 N–H and O–H groups in total. The summed E-state index contributed by atoms with van der Waals surface area (Å²) in [5.74, 6) is -1.83. The Morgan fingerprint density at radius 2 is 1.19 bits per heavy atom. The number of Topliss-reactive ketones (excluding diaryl/α,β-unsaturated/α-hetero) is 1. The van der Waals surface area contributed by atoms with Gasteiger partial charge in [0.25, 0.3) is 0 Å². The summed E-state index contributed by atoms with van der Waals surface area (Å²) in [4.78, 5) is 70.5. The lowest BCUT2D eigenvalue weighted by Gasteiger charge is -2.29. The molecule has 0 spiro atoms. The monoisotopic (exact) mass is 719 g/mol. The van der Waals surface area contributed by atoms with Crippen molar-refractivity contribution in [2.24, 2.45) is 11.8 Å². The molecular formula is C40H57N5O7. The molecule has 4 amide bonds. The number of nitrogens with one attached hydrogen (secondary N) is 4. The Kier molecular flexibility index (Phi) is 15.3. The van der Waals surface area contributed by atoms with Gasteiger partial charge in [-0.05, 0) is 55.6 Å². The Morgan fingerprint density at radius 3 is 1.77 bits per heavy atom. The van der Waals surface area contributed by atoms with Crippen LogP contribution in [-0.2, 0) is 46.3 Å². The van der Waals surface area contributed by atoms with E-state index in [1.165, 1.54) is 0 Å². The molecule has 12 heteroatoms. The molecule has 2 aromatic carbocycles. The van der Waals surface area contributed by atoms with Crippen LogP contribution in [0, 0.1) is 11.8 Å². The number of carbonyl (C=O) groups excluding carboxylic acids is 5. The predicted molar refractivity (Wildman–Crippen MR) is 198 cm³/mol. The van der Waals surface area contributed by atoms with E-state index in [1.807, 2.05) is 93.3 Å². The molecule has 0 radical (unpaired) electrons. The van der Waals surface area contributed by atoms with Gasteiger partial charge in [-0.2, -0.15) is 0 Å². The number of hydrogen-bond acceptors (Lipinski definition) is 8. The maximum Gasteiger partial charge on any atom is 0.243 e. The first-order valence-electron chi connectivity index (χ1n) is 18.6. The third-order valence-corrected chi connectivity index (χ3v) is 9.38. The van der Waals surface area contributed by atoms with Gasteiger partial charge in [-0.15, -0.1) is 0 Å². The number of morpholine rings is 1. The smallest absolute Gasteiger partial charge is 0.243 e. The number of carbonyl (C=O) groups is 5. The molecule has 4 rings (SSSR count). The van der Waals surface area contributed by atoms with E-state index >= 15 is 0 Å². The van der Waals surface area contributed by atoms with Gasteiger partial charge in [0.1, 0.15) is 23.7 Å². The van der Waals surface area contributed by atoms with Crippen LogP contribution in [0.1, 0.15) is 65.0 Å². The summed E-state index contributed by atoms with van der Waals surface area (Å²) in [6, 6.07) is 15.3. The summed E-state index contributed by atoms with van der Waals surface area (Å²) in [5.41, 5.74) is 0.915. The third kappa shape index (κ3) is 13.1. The summed E-state index contributed by atoms with van der Waals surface area (Å²) in [7, 11) is 0. The van der Waals surface area contributed by atoms with Gasteiger partial charge in [0.2, 0.25) is 23.6 Å². The Morgan fingerprint density at radius 1 is 0.692 bits per heavy atom. The molecule has 0 bridgehead atoms. The molecule has 5 atom stereocenters. The topological polar surface area (TPSA) is 158 Å². The lowest BCUT2D eigenvalue weighted by Crippen LogP contribution is -2.59. The minimum atomic E-state index is -1.03. The highest BCUT2D eigenvalue weighted by atomic mass is 16.6. The molecule has 52 heavy (non-hydrogen) atoms. The van der Waals surface area contributed by atoms with Crippen molar-refractivity contribution in [2.45, 2.75) is 96.5 Å². The van der Waals surface area contributed by atoms with Crippen molar-refractivity contribution >= 4 is 29.4 Å². The van der Waals surface area contributed by atoms with E-state index in [-0.39, 0.29) is 36.5 Å². The predicted octanol–water partition coefficient (Wildman–Crippen LogP) is 2.58. The number of nitrogens with zero attached hydrogens (tertiary/aromatic N) is 1. The first-order valence-corrected chi connectivity index (χ1v) is 18.6. The highest BCUT2D eigenvalue weighted by molar-refractivity contribution is 5.98. The van der Waals surface area contributed by atoms with Crippen LogP contribution in [0.3, 0.4) is 0 Å². The van der Waals surface area contributed by atoms with Gasteiger partial charge in [-0.3, -0.25) is 28.9 Å². The van der Waals surface area contributed by atoms with E-state index in [2.05, 4.69) is 21.3 Å². The molecular weight excluding hydrogens is 662 g/mol. The molecule has 0 unspecified atom stereocenters. The number of benzene rings is 2. The fraction of sp³-hybridized carbons (Fsp3) is 0.575. The minimum Gasteiger partial charge on any atom is -0.379 e. The molecule has 0 saturated carbocycles. The molecule has 12 nitrogen and oxygen atoms in total. The highest BCUT2D eigenvalue weighted by Crippen LogP contribution is 2.29. The van der Waals surface area contributed by atoms with Crippen molar-refractivity contribution in [3.05, 3.63) is 71.8 Å². The van der Waals surface area contributed by atoms with Crippen molar-refractivity contribution < 1.29 is 33.4 Å². The van der Waals surface area contributed by atoms with Gasteiger partial charge in [0, 0.05) is 19.5 Å². The summed E-state index contributed by atoms with van der Waals surface area (Å²) in [5, 5.41) is 11.7. The zero-order valence-corrected chi connectivity index (χ0v) is 31.3. The lowest BCUT2D eigenvalue weighted by atomic mass is 9.93. The number of ketones is 1. The van der Waals surface area contributed by atoms with Crippen LogP contribution in [0.15, 0.2) is 60.7 Å². The van der Waals surface area contributed by atoms with Gasteiger partial charge < -0.3 is 30.7 Å². The fourth-order valence-electron chi connectivity index (χ4n) is 6.33. The van der Waals surface area contributed by atoms with Gasteiger partial charge >= 0.3 is 0 Å². The highest BCUT2D eigenvalue weighted by Gasteiger charge is 2.50. The van der Waals surface area contributed by atoms with Crippen molar-refractivity contribution in [3.8, 4) is 0 Å². The lowest BCUT2D eigenvalue weighted by molar-refractivity contribution is -0.135. The van der Waals surface area contributed by atoms with E-state index in [9.17, 15) is 24.0 Å². The molecule has 2 aliphatic rings. The van der Waals surface area contributed by atoms with Crippen LogP contribution in [-0.4, -0.2) is 104 Å². The number of rotatable bonds is 20. The van der Waals surface area contributed by atoms with Crippen molar-refractivity contribution in [2.75, 3.05) is 39.5 Å². The average molecular weight is 720 g/mol. The first-order chi connectivity index (χ1) is 24.8. The maximum absolute atomic E-state index is 14.1. The van der Waals surface area contributed by atoms with E-state index in [4.69, 9.17) is 9.47 Å². The SMILES string of the molecule is CC(C)C[C@H](NC(=O)[C@H](CCc1ccccc1)NC(=O)CN1CCOCC1)C(=O)N[C@@H](Cc1ccccc1)C(=O)N[C@H](CC(C)C)C(=O)[C@@]1(C)CO1. The van der Waals surface area contributed by atoms with E-state index in [0.29, 0.717) is 58.6 Å². The fourth-order valence-corrected chi connectivity index (χ4v) is 6.33. The van der Waals surface area contributed by atoms with E-state index < -0.39 is 47.5 Å². The number of epoxide rings is 1. The van der Waals surface area contributed by atoms with Crippen LogP contribution in [0.4, 0.5) is 0 Å². The number of hydrogen-bond donors (Lipinski definition) is 4. The van der Waals surface area contributed by atoms with E-state index in [0.717, 1.165) is 11.1 Å². The summed E-state index contributed by atoms with van der Waals surface area (Å²) < 4.78 is 10.8. The molecule has 2 heterocycles. The summed E-state index contributed by atoms with van der Waals surface area (Å²) >= 11 is 0. The van der Waals surface area contributed by atoms with Crippen LogP contribution < -0.4 is 21.3 Å². The Labute approximate surface area is 308 Å². The van der Waals surface area contributed by atoms with Crippen LogP contribution in [0.5, 0.6) is 0 Å². The van der Waals surface area contributed by atoms with Crippen LogP contribution in [0.2, 0.25) is 0 Å². The number of amides is 4. The molecule has 2 aliphatic heterocycles. The van der Waals surface area contributed by atoms with Gasteiger partial charge in [0.05, 0.1) is 32.4 Å². The zero-order chi connectivity index (χ0) is 37.7. The van der Waals surface area contributed by atoms with Crippen LogP contribution in [0.25, 0.3) is 0 Å². The zero-order valence-electron chi connectivity index (χ0n) is 31.3. The molecule has 2 fully saturated rings. The standard InChI is InChI=1S/C40H57N5O7/c1-27(2)22-32(36(47)40(5)26-52-40)42-39(50)34(24-30-14-10-7-11-15-30)44-38(49)33(23-28(3)4)43-37(48)31(17-16-29-12-8-6-9-13-29)41-35(46)25-45-18-20-51-21-19-45/h6-15,27-28,31-34H,16-26H2,1-5H3,(H,41,46)(H,42,50)(H,43,48)(H,44,49)/t31-,32+,33-,34-,40+/m0/s1. The molecule has 284 valence electrons. The summed E-state index contributed by atoms with van der Waals surface area (Å²) in [6.07, 6.45) is 1.76. The summed E-state index contributed by atoms with van der Waals surface area (Å²) in [6.45, 7) is 12.3. The quantitative estimate of drug-likeness (QED) is 0.152. The second-order valence-electron chi connectivity index (χ2n) is 15.0. The number of ether oxygens (including phenoxy) is 2. The Bertz CT molecular complexity index is 1480. The van der Waals surface area contributed by atoms with Gasteiger partial charge in [0.15, 0.2) is 5.78 Å². The van der Waals surface area contributed by atoms with Gasteiger partial charge in [-0.25, -0.2) is 0 Å². The second-order valence-corrected chi connectivity index (χ2v) is 15.0. The van der Waals surface area contributed by atoms with Crippen LogP contribution >= 0.6 is 0 Å². The third-order valence-electron chi connectivity index (χ3n) is 9.38. The molecule has 0 aliphatic carbocycles. The molecule has 2 aromatic rings. The Hall–Kier alpha value is -4.13. The molecule has 2 saturated heterocycles. The van der Waals surface area contributed by atoms with Crippen molar-refractivity contribution in [1.82, 2.24) is 26.2 Å². The molecule has 0 aromatic heterocycles. The minimum absolute atomic E-state index is 0.0171. The normalized spacial score (nSPS) is 19.6. The van der Waals surface area contributed by atoms with Crippen molar-refractivity contribution in [1.29, 1.82) is 0 Å². The van der Waals surface area contributed by atoms with Gasteiger partial charge in [-0.1, -0.05) is 88.4 Å². The first kappa shape index (κ1) is 40.6. The largest absolute Gasteiger partial charge is 0.379 e. The maximum atomic E-state index is 14.1. The van der Waals surface area contributed by atoms with Crippen molar-refractivity contribution in [3.63, 3.8) is 0 Å². The number of aryl methyl sites for hydroxylation is 1. The Balaban J connectivity index is 1.51. The van der Waals surface area contributed by atoms with E-state index in [1.54, 1.807) is 6.92 Å². The average Bonchev–Trinajstić information content (AvgIpc) is 3.87. The second kappa shape index (κ2) is 19.6.